The summed E-state index contributed by atoms with van der Waals surface area (Å²) in [6.07, 6.45) is 8.51. The fourth-order valence-electron chi connectivity index (χ4n) is 5.44. The first-order valence-corrected chi connectivity index (χ1v) is 23.1. The molecule has 0 fully saturated rings. The standard InChI is InChI=1S/C12H13.C9H7.2CH3.2ClH.H2Si.Zr/c1-3-10-5-4-6-11-7-9(2)8-12(10)11;1-2-5-9-7-3-6-8(9)4-1;;;;;;/h4-8H,3H2,1-2H3;1-7H;2*1H3;2*1H;1H2;. The van der Waals surface area contributed by atoms with Crippen LogP contribution in [0.5, 0.6) is 0 Å². The summed E-state index contributed by atoms with van der Waals surface area (Å²) >= 11 is -3.14. The Hall–Kier alpha value is -0.400. The molecule has 0 nitrogen and oxygen atoms in total. The molecule has 4 rings (SSSR count). The molecule has 2 atom stereocenters. The molecule has 0 N–H and O–H groups in total. The summed E-state index contributed by atoms with van der Waals surface area (Å²) in [5.74, 6) is 0. The number of rotatable bonds is 3. The molecule has 2 aliphatic rings. The molecule has 2 unspecified atom stereocenters. The van der Waals surface area contributed by atoms with Crippen LogP contribution >= 0.6 is 24.8 Å². The van der Waals surface area contributed by atoms with Crippen molar-refractivity contribution in [3.63, 3.8) is 0 Å². The van der Waals surface area contributed by atoms with Gasteiger partial charge in [0.2, 0.25) is 0 Å². The van der Waals surface area contributed by atoms with E-state index in [-0.39, 0.29) is 24.8 Å². The number of hydrogen-bond donors (Lipinski definition) is 0. The van der Waals surface area contributed by atoms with Crippen LogP contribution in [0.25, 0.3) is 12.2 Å². The second-order valence-corrected chi connectivity index (χ2v) is 39.6. The van der Waals surface area contributed by atoms with Crippen molar-refractivity contribution in [2.24, 2.45) is 0 Å². The summed E-state index contributed by atoms with van der Waals surface area (Å²) < 4.78 is 6.67. The van der Waals surface area contributed by atoms with Crippen LogP contribution in [0.3, 0.4) is 0 Å². The average molecular weight is 497 g/mol. The Kier molecular flexibility index (Phi) is 6.60. The minimum absolute atomic E-state index is 0. The van der Waals surface area contributed by atoms with Crippen LogP contribution in [0, 0.1) is 0 Å². The molecule has 0 aromatic heterocycles. The minimum Gasteiger partial charge on any atom is -0.147 e. The number of hydrogen-bond acceptors (Lipinski definition) is 0. The molecule has 0 aliphatic heterocycles. The van der Waals surface area contributed by atoms with E-state index < -0.39 is 17.4 Å². The predicted octanol–water partition coefficient (Wildman–Crippen LogP) is 6.65. The van der Waals surface area contributed by atoms with Gasteiger partial charge < -0.3 is 0 Å². The van der Waals surface area contributed by atoms with Gasteiger partial charge in [0.05, 0.1) is 0 Å². The van der Waals surface area contributed by atoms with E-state index in [4.69, 9.17) is 0 Å². The van der Waals surface area contributed by atoms with E-state index in [1.165, 1.54) is 16.7 Å². The molecule has 0 amide bonds. The van der Waals surface area contributed by atoms with Gasteiger partial charge >= 0.3 is 155 Å². The molecule has 0 saturated heterocycles. The maximum atomic E-state index is 2.69. The van der Waals surface area contributed by atoms with E-state index in [0.717, 1.165) is 6.42 Å². The van der Waals surface area contributed by atoms with E-state index in [9.17, 15) is 0 Å². The Morgan fingerprint density at radius 3 is 2.33 bits per heavy atom. The number of fused-ring (bicyclic) bond motifs is 2. The molecular formula is C23H30Cl2SiZr. The molecule has 0 radical (unpaired) electrons. The van der Waals surface area contributed by atoms with Crippen molar-refractivity contribution < 1.29 is 17.4 Å². The van der Waals surface area contributed by atoms with Crippen molar-refractivity contribution in [1.29, 1.82) is 0 Å². The van der Waals surface area contributed by atoms with Gasteiger partial charge in [-0.05, 0) is 0 Å². The molecule has 0 heterocycles. The normalized spacial score (nSPS) is 20.3. The fourth-order valence-corrected chi connectivity index (χ4v) is 23.6. The average Bonchev–Trinajstić information content (AvgIpc) is 3.15. The van der Waals surface area contributed by atoms with Gasteiger partial charge in [-0.1, -0.05) is 0 Å². The monoisotopic (exact) mass is 494 g/mol. The predicted molar refractivity (Wildman–Crippen MR) is 125 cm³/mol. The van der Waals surface area contributed by atoms with Gasteiger partial charge in [-0.3, -0.25) is 0 Å². The Balaban J connectivity index is 0.00000131. The van der Waals surface area contributed by atoms with Crippen molar-refractivity contribution in [3.05, 3.63) is 81.9 Å². The van der Waals surface area contributed by atoms with Crippen molar-refractivity contribution in [2.45, 2.75) is 36.8 Å². The van der Waals surface area contributed by atoms with Crippen LogP contribution in [0.15, 0.2) is 54.1 Å². The molecule has 2 aromatic carbocycles. The first-order valence-electron chi connectivity index (χ1n) is 9.46. The van der Waals surface area contributed by atoms with Gasteiger partial charge in [-0.2, -0.15) is 0 Å². The smallest absolute Gasteiger partial charge is 0.147 e. The van der Waals surface area contributed by atoms with Crippen LogP contribution in [-0.2, 0) is 23.8 Å². The zero-order valence-corrected chi connectivity index (χ0v) is 22.2. The van der Waals surface area contributed by atoms with Crippen molar-refractivity contribution >= 4 is 43.8 Å². The van der Waals surface area contributed by atoms with E-state index in [1.54, 1.807) is 16.7 Å². The molecule has 0 spiro atoms. The van der Waals surface area contributed by atoms with Crippen molar-refractivity contribution in [2.75, 3.05) is 0 Å². The molecule has 4 heteroatoms. The zero-order chi connectivity index (χ0) is 17.8. The van der Waals surface area contributed by atoms with E-state index in [1.807, 2.05) is 0 Å². The Morgan fingerprint density at radius 2 is 1.63 bits per heavy atom. The van der Waals surface area contributed by atoms with Gasteiger partial charge in [-0.15, -0.1) is 24.8 Å². The largest absolute Gasteiger partial charge is 0.147 e. The maximum Gasteiger partial charge on any atom is -0.147 e. The third-order valence-corrected chi connectivity index (χ3v) is 24.3. The molecule has 2 aromatic rings. The second-order valence-electron chi connectivity index (χ2n) is 9.00. The number of benzene rings is 2. The molecule has 27 heavy (non-hydrogen) atoms. The maximum absolute atomic E-state index is 3.14. The van der Waals surface area contributed by atoms with E-state index in [0.29, 0.717) is 7.25 Å². The van der Waals surface area contributed by atoms with Gasteiger partial charge in [0.25, 0.3) is 0 Å². The van der Waals surface area contributed by atoms with Gasteiger partial charge in [0, 0.05) is 0 Å². The molecule has 0 bridgehead atoms. The zero-order valence-electron chi connectivity index (χ0n) is 16.7. The molecule has 0 saturated carbocycles. The van der Waals surface area contributed by atoms with Gasteiger partial charge in [0.15, 0.2) is 0 Å². The molecular weight excluding hydrogens is 466 g/mol. The third-order valence-electron chi connectivity index (χ3n) is 6.52. The first-order chi connectivity index (χ1) is 11.8. The van der Waals surface area contributed by atoms with E-state index >= 15 is 0 Å². The van der Waals surface area contributed by atoms with Crippen LogP contribution < -0.4 is 0 Å². The van der Waals surface area contributed by atoms with Crippen molar-refractivity contribution in [1.82, 2.24) is 0 Å². The van der Waals surface area contributed by atoms with Crippen LogP contribution in [0.1, 0.15) is 48.9 Å². The molecule has 2 aliphatic carbocycles. The Labute approximate surface area is 178 Å². The van der Waals surface area contributed by atoms with Crippen LogP contribution in [-0.4, -0.2) is 6.88 Å². The number of halogens is 2. The quantitative estimate of drug-likeness (QED) is 0.417. The fraction of sp³-hybridized carbons (Fsp3) is 0.304. The van der Waals surface area contributed by atoms with Crippen LogP contribution in [0.4, 0.5) is 0 Å². The van der Waals surface area contributed by atoms with Crippen LogP contribution in [0.2, 0.25) is 9.26 Å². The minimum atomic E-state index is -3.14. The summed E-state index contributed by atoms with van der Waals surface area (Å²) in [4.78, 5) is 0. The Bertz CT molecular complexity index is 997. The summed E-state index contributed by atoms with van der Waals surface area (Å²) in [5.41, 5.74) is 9.25. The van der Waals surface area contributed by atoms with Crippen molar-refractivity contribution in [3.8, 4) is 0 Å². The number of aryl methyl sites for hydroxylation is 1. The summed E-state index contributed by atoms with van der Waals surface area (Å²) in [6.45, 7) is 7.06. The Morgan fingerprint density at radius 1 is 0.963 bits per heavy atom. The SMILES string of the molecule is CCc1cccc2c1C=C(C)[CH]2[Zr]([CH3])([CH3])(=[SiH2])[CH]1C=Cc2ccccc21.Cl.Cl. The first kappa shape index (κ1) is 22.9. The summed E-state index contributed by atoms with van der Waals surface area (Å²) in [7, 11) is 0. The number of allylic oxidation sites excluding steroid dienone is 2. The van der Waals surface area contributed by atoms with Gasteiger partial charge in [-0.25, -0.2) is 0 Å². The third kappa shape index (κ3) is 3.52. The molecule has 144 valence electrons. The summed E-state index contributed by atoms with van der Waals surface area (Å²) in [6, 6.07) is 16.0. The topological polar surface area (TPSA) is 0 Å². The van der Waals surface area contributed by atoms with Gasteiger partial charge in [0.1, 0.15) is 0 Å². The second kappa shape index (κ2) is 7.79. The summed E-state index contributed by atoms with van der Waals surface area (Å²) in [5, 5.41) is 0. The van der Waals surface area contributed by atoms with E-state index in [2.05, 4.69) is 90.7 Å².